The third-order valence-corrected chi connectivity index (χ3v) is 3.92. The van der Waals surface area contributed by atoms with Gasteiger partial charge in [-0.05, 0) is 12.1 Å². The van der Waals surface area contributed by atoms with Crippen molar-refractivity contribution in [3.8, 4) is 0 Å². The van der Waals surface area contributed by atoms with Gasteiger partial charge < -0.3 is 24.9 Å². The minimum atomic E-state index is -0.788. The first-order valence-electron chi connectivity index (χ1n) is 7.83. The fraction of sp³-hybridized carbons (Fsp3) is 0.250. The number of imidazole rings is 1. The highest BCUT2D eigenvalue weighted by Crippen LogP contribution is 2.24. The molecule has 0 bridgehead atoms. The van der Waals surface area contributed by atoms with Gasteiger partial charge in [0, 0.05) is 0 Å². The monoisotopic (exact) mass is 357 g/mol. The minimum absolute atomic E-state index is 0.0988. The molecule has 4 rings (SSSR count). The van der Waals surface area contributed by atoms with Gasteiger partial charge in [-0.3, -0.25) is 0 Å². The number of nitrogens with one attached hydrogen (secondary N) is 1. The van der Waals surface area contributed by atoms with Crippen LogP contribution >= 0.6 is 0 Å². The molecule has 1 aliphatic rings. The molecule has 2 unspecified atom stereocenters. The highest BCUT2D eigenvalue weighted by molar-refractivity contribution is 5.89. The molecule has 134 valence electrons. The van der Waals surface area contributed by atoms with Crippen molar-refractivity contribution in [1.82, 2.24) is 19.5 Å². The Morgan fingerprint density at radius 2 is 2.15 bits per heavy atom. The molecule has 2 aromatic heterocycles. The van der Waals surface area contributed by atoms with Crippen LogP contribution in [0.25, 0.3) is 11.2 Å². The van der Waals surface area contributed by atoms with Crippen molar-refractivity contribution < 1.29 is 19.0 Å². The molecular weight excluding hydrogens is 342 g/mol. The number of aromatic amines is 1. The van der Waals surface area contributed by atoms with E-state index in [9.17, 15) is 9.59 Å². The van der Waals surface area contributed by atoms with E-state index in [4.69, 9.17) is 19.9 Å². The summed E-state index contributed by atoms with van der Waals surface area (Å²) >= 11 is 0. The van der Waals surface area contributed by atoms with Crippen LogP contribution in [0.3, 0.4) is 0 Å². The number of fused-ring (bicyclic) bond motifs is 1. The fourth-order valence-electron chi connectivity index (χ4n) is 2.69. The van der Waals surface area contributed by atoms with Crippen molar-refractivity contribution in [2.24, 2.45) is 0 Å². The normalized spacial score (nSPS) is 19.7. The highest BCUT2D eigenvalue weighted by atomic mass is 16.7. The predicted molar refractivity (Wildman–Crippen MR) is 89.1 cm³/mol. The highest BCUT2D eigenvalue weighted by Gasteiger charge is 2.31. The van der Waals surface area contributed by atoms with E-state index in [-0.39, 0.29) is 19.0 Å². The lowest BCUT2D eigenvalue weighted by Crippen LogP contribution is -2.25. The lowest BCUT2D eigenvalue weighted by Gasteiger charge is -2.12. The smallest absolute Gasteiger partial charge is 0.338 e. The summed E-state index contributed by atoms with van der Waals surface area (Å²) in [6.07, 6.45) is -0.245. The van der Waals surface area contributed by atoms with Gasteiger partial charge in [-0.1, -0.05) is 18.2 Å². The van der Waals surface area contributed by atoms with E-state index in [0.717, 1.165) is 0 Å². The van der Waals surface area contributed by atoms with E-state index >= 15 is 0 Å². The number of nitrogens with two attached hydrogens (primary N) is 1. The number of nitrogen functional groups attached to an aromatic ring is 1. The standard InChI is InChI=1S/C16H15N5O5/c17-13-12-14(19-8-18-13)21(16(23)20-12)10-6-24-11(26-10)7-25-15(22)9-4-2-1-3-5-9/h1-5,8,10-11H,6-7H2,(H,20,23)(H2,17,18,19). The Morgan fingerprint density at radius 3 is 2.96 bits per heavy atom. The van der Waals surface area contributed by atoms with E-state index in [1.54, 1.807) is 30.3 Å². The average molecular weight is 357 g/mol. The van der Waals surface area contributed by atoms with E-state index in [1.165, 1.54) is 10.9 Å². The molecule has 1 saturated heterocycles. The zero-order chi connectivity index (χ0) is 18.1. The summed E-state index contributed by atoms with van der Waals surface area (Å²) in [5.41, 5.74) is 6.38. The lowest BCUT2D eigenvalue weighted by molar-refractivity contribution is -0.102. The number of hydrogen-bond donors (Lipinski definition) is 2. The molecule has 0 radical (unpaired) electrons. The minimum Gasteiger partial charge on any atom is -0.457 e. The van der Waals surface area contributed by atoms with Crippen LogP contribution in [0.15, 0.2) is 41.5 Å². The van der Waals surface area contributed by atoms with Gasteiger partial charge in [-0.25, -0.2) is 24.1 Å². The first-order valence-corrected chi connectivity index (χ1v) is 7.83. The Morgan fingerprint density at radius 1 is 1.35 bits per heavy atom. The van der Waals surface area contributed by atoms with Gasteiger partial charge in [-0.2, -0.15) is 0 Å². The van der Waals surface area contributed by atoms with Crippen LogP contribution in [-0.2, 0) is 14.2 Å². The van der Waals surface area contributed by atoms with Gasteiger partial charge in [0.15, 0.2) is 24.0 Å². The summed E-state index contributed by atoms with van der Waals surface area (Å²) in [6, 6.07) is 8.59. The van der Waals surface area contributed by atoms with Gasteiger partial charge in [0.05, 0.1) is 12.2 Å². The largest absolute Gasteiger partial charge is 0.457 e. The Balaban J connectivity index is 1.45. The molecule has 0 aliphatic carbocycles. The van der Waals surface area contributed by atoms with Gasteiger partial charge >= 0.3 is 11.7 Å². The second kappa shape index (κ2) is 6.58. The Kier molecular flexibility index (Phi) is 4.11. The molecule has 3 N–H and O–H groups in total. The fourth-order valence-corrected chi connectivity index (χ4v) is 2.69. The van der Waals surface area contributed by atoms with Crippen molar-refractivity contribution in [2.75, 3.05) is 18.9 Å². The maximum absolute atomic E-state index is 12.2. The Hall–Kier alpha value is -3.24. The number of H-pyrrole nitrogens is 1. The second-order valence-electron chi connectivity index (χ2n) is 5.58. The van der Waals surface area contributed by atoms with Crippen molar-refractivity contribution in [3.05, 3.63) is 52.7 Å². The number of carbonyl (C=O) groups excluding carboxylic acids is 1. The van der Waals surface area contributed by atoms with Crippen LogP contribution in [0.4, 0.5) is 5.82 Å². The maximum atomic E-state index is 12.2. The van der Waals surface area contributed by atoms with Crippen LogP contribution in [0.5, 0.6) is 0 Å². The molecule has 3 heterocycles. The number of aromatic nitrogens is 4. The SMILES string of the molecule is Nc1ncnc2c1[nH]c(=O)n2C1COC(COC(=O)c2ccccc2)O1. The number of carbonyl (C=O) groups is 1. The molecule has 1 fully saturated rings. The van der Waals surface area contributed by atoms with Crippen molar-refractivity contribution in [1.29, 1.82) is 0 Å². The number of rotatable bonds is 4. The van der Waals surface area contributed by atoms with Crippen LogP contribution in [0, 0.1) is 0 Å². The molecule has 26 heavy (non-hydrogen) atoms. The molecule has 10 heteroatoms. The first kappa shape index (κ1) is 16.2. The summed E-state index contributed by atoms with van der Waals surface area (Å²) in [7, 11) is 0. The predicted octanol–water partition coefficient (Wildman–Crippen LogP) is 0.430. The third-order valence-electron chi connectivity index (χ3n) is 3.92. The van der Waals surface area contributed by atoms with Crippen LogP contribution in [0.1, 0.15) is 16.6 Å². The van der Waals surface area contributed by atoms with Crippen LogP contribution in [0.2, 0.25) is 0 Å². The maximum Gasteiger partial charge on any atom is 0.338 e. The van der Waals surface area contributed by atoms with Crippen LogP contribution in [-0.4, -0.2) is 45.0 Å². The molecule has 3 aromatic rings. The van der Waals surface area contributed by atoms with Gasteiger partial charge in [0.25, 0.3) is 0 Å². The summed E-state index contributed by atoms with van der Waals surface area (Å²) in [4.78, 5) is 34.6. The number of hydrogen-bond acceptors (Lipinski definition) is 8. The molecule has 0 amide bonds. The summed E-state index contributed by atoms with van der Waals surface area (Å²) < 4.78 is 17.6. The number of ether oxygens (including phenoxy) is 3. The van der Waals surface area contributed by atoms with Crippen LogP contribution < -0.4 is 11.4 Å². The van der Waals surface area contributed by atoms with Gasteiger partial charge in [-0.15, -0.1) is 0 Å². The average Bonchev–Trinajstić information content (AvgIpc) is 3.24. The van der Waals surface area contributed by atoms with Gasteiger partial charge in [0.1, 0.15) is 18.5 Å². The number of anilines is 1. The number of esters is 1. The summed E-state index contributed by atoms with van der Waals surface area (Å²) in [5.74, 6) is -0.316. The first-order chi connectivity index (χ1) is 12.6. The molecule has 0 spiro atoms. The van der Waals surface area contributed by atoms with E-state index in [0.29, 0.717) is 16.7 Å². The number of benzene rings is 1. The van der Waals surface area contributed by atoms with E-state index < -0.39 is 24.2 Å². The quantitative estimate of drug-likeness (QED) is 0.642. The third kappa shape index (κ3) is 2.91. The van der Waals surface area contributed by atoms with Crippen molar-refractivity contribution in [2.45, 2.75) is 12.5 Å². The molecule has 10 nitrogen and oxygen atoms in total. The van der Waals surface area contributed by atoms with Crippen molar-refractivity contribution in [3.63, 3.8) is 0 Å². The summed E-state index contributed by atoms with van der Waals surface area (Å²) in [5, 5.41) is 0. The Labute approximate surface area is 146 Å². The second-order valence-corrected chi connectivity index (χ2v) is 5.58. The zero-order valence-electron chi connectivity index (χ0n) is 13.5. The molecule has 1 aliphatic heterocycles. The Bertz CT molecular complexity index is 999. The lowest BCUT2D eigenvalue weighted by atomic mass is 10.2. The molecule has 1 aromatic carbocycles. The molecule has 2 atom stereocenters. The van der Waals surface area contributed by atoms with E-state index in [1.807, 2.05) is 0 Å². The molecule has 0 saturated carbocycles. The summed E-state index contributed by atoms with van der Waals surface area (Å²) in [6.45, 7) is 0.00276. The molecular formula is C16H15N5O5. The van der Waals surface area contributed by atoms with Crippen molar-refractivity contribution >= 4 is 23.0 Å². The zero-order valence-corrected chi connectivity index (χ0v) is 13.5. The number of nitrogens with zero attached hydrogens (tertiary/aromatic N) is 3. The van der Waals surface area contributed by atoms with E-state index in [2.05, 4.69) is 15.0 Å². The van der Waals surface area contributed by atoms with Gasteiger partial charge in [0.2, 0.25) is 0 Å². The topological polar surface area (TPSA) is 134 Å².